The largest absolute Gasteiger partial charge is 0.433 e. The Morgan fingerprint density at radius 2 is 1.14 bits per heavy atom. The summed E-state index contributed by atoms with van der Waals surface area (Å²) in [7, 11) is 0. The molecule has 0 bridgehead atoms. The monoisotopic (exact) mass is 522 g/mol. The molecule has 1 heterocycles. The molecule has 1 aliphatic heterocycles. The maximum atomic E-state index is 11.7. The molecule has 1 aliphatic rings. The zero-order chi connectivity index (χ0) is 27.2. The van der Waals surface area contributed by atoms with E-state index in [4.69, 9.17) is 9.84 Å². The molecule has 1 rings (SSSR count). The van der Waals surface area contributed by atoms with E-state index in [0.717, 1.165) is 25.9 Å². The van der Waals surface area contributed by atoms with Gasteiger partial charge in [-0.1, -0.05) is 96.8 Å². The zero-order valence-electron chi connectivity index (χ0n) is 22.6. The van der Waals surface area contributed by atoms with E-state index in [0.29, 0.717) is 12.5 Å². The van der Waals surface area contributed by atoms with Crippen molar-refractivity contribution in [3.63, 3.8) is 0 Å². The highest BCUT2D eigenvalue weighted by atomic mass is 16.6. The Bertz CT molecular complexity index is 502. The number of hydrogen-bond donors (Lipinski definition) is 6. The minimum atomic E-state index is -2.03. The normalized spacial score (nSPS) is 18.9. The first kappa shape index (κ1) is 35.2. The van der Waals surface area contributed by atoms with Crippen LogP contribution in [0.3, 0.4) is 0 Å². The van der Waals surface area contributed by atoms with Gasteiger partial charge in [0.2, 0.25) is 6.29 Å². The van der Waals surface area contributed by atoms with Crippen LogP contribution in [0.1, 0.15) is 117 Å². The number of ether oxygens (including phenoxy) is 2. The lowest BCUT2D eigenvalue weighted by atomic mass is 10.0. The van der Waals surface area contributed by atoms with Crippen molar-refractivity contribution in [1.82, 2.24) is 0 Å². The van der Waals surface area contributed by atoms with Gasteiger partial charge in [-0.3, -0.25) is 4.79 Å². The first-order valence-electron chi connectivity index (χ1n) is 14.1. The van der Waals surface area contributed by atoms with Crippen LogP contribution in [-0.2, 0) is 14.3 Å². The zero-order valence-corrected chi connectivity index (χ0v) is 22.6. The molecule has 6 atom stereocenters. The summed E-state index contributed by atoms with van der Waals surface area (Å²) in [5, 5.41) is 56.6. The van der Waals surface area contributed by atoms with E-state index in [2.05, 4.69) is 18.6 Å². The molecule has 36 heavy (non-hydrogen) atoms. The van der Waals surface area contributed by atoms with E-state index in [9.17, 15) is 30.3 Å². The van der Waals surface area contributed by atoms with Crippen LogP contribution in [0.4, 0.5) is 0 Å². The molecular formula is C27H54O9. The molecule has 0 aromatic carbocycles. The molecule has 0 aromatic rings. The smallest absolute Gasteiger partial charge is 0.308 e. The van der Waals surface area contributed by atoms with E-state index in [1.54, 1.807) is 0 Å². The van der Waals surface area contributed by atoms with E-state index in [-0.39, 0.29) is 6.42 Å². The van der Waals surface area contributed by atoms with Crippen molar-refractivity contribution in [1.29, 1.82) is 0 Å². The minimum Gasteiger partial charge on any atom is -0.433 e. The van der Waals surface area contributed by atoms with Crippen LogP contribution >= 0.6 is 0 Å². The maximum absolute atomic E-state index is 11.7. The highest BCUT2D eigenvalue weighted by molar-refractivity contribution is 5.69. The predicted molar refractivity (Wildman–Crippen MR) is 138 cm³/mol. The molecule has 216 valence electrons. The molecular weight excluding hydrogens is 468 g/mol. The molecule has 1 fully saturated rings. The number of rotatable bonds is 22. The highest BCUT2D eigenvalue weighted by Crippen LogP contribution is 2.15. The Kier molecular flexibility index (Phi) is 22.8. The molecule has 0 amide bonds. The van der Waals surface area contributed by atoms with Gasteiger partial charge < -0.3 is 40.1 Å². The second-order valence-corrected chi connectivity index (χ2v) is 9.95. The fourth-order valence-electron chi connectivity index (χ4n) is 3.71. The minimum absolute atomic E-state index is 0.0833. The molecule has 6 N–H and O–H groups in total. The number of carbonyl (C=O) groups is 1. The van der Waals surface area contributed by atoms with Crippen LogP contribution in [0.2, 0.25) is 0 Å². The Morgan fingerprint density at radius 3 is 1.50 bits per heavy atom. The van der Waals surface area contributed by atoms with Crippen LogP contribution in [0.15, 0.2) is 0 Å². The van der Waals surface area contributed by atoms with E-state index in [1.807, 2.05) is 0 Å². The molecule has 0 spiro atoms. The van der Waals surface area contributed by atoms with Crippen LogP contribution < -0.4 is 0 Å². The van der Waals surface area contributed by atoms with Gasteiger partial charge in [-0.25, -0.2) is 0 Å². The molecule has 2 unspecified atom stereocenters. The van der Waals surface area contributed by atoms with Crippen molar-refractivity contribution in [2.75, 3.05) is 13.2 Å². The fourth-order valence-corrected chi connectivity index (χ4v) is 3.71. The quantitative estimate of drug-likeness (QED) is 0.0543. The standard InChI is InChI=1S/C24H48O8.C3H6O/c1-2-3-4-5-6-7-8-9-10-11-12-13-14-15-16-17-20(27)32-24(31)23(30)22(29)21(28)19(26)18-25;1-3-2-4-3/h19,21-26,28-31H,2-18H2,1H3;3H,2H2,1H3/t19-,21+,22+,23+,24?;/m0./s1. The Labute approximate surface area is 217 Å². The molecule has 1 saturated heterocycles. The van der Waals surface area contributed by atoms with Crippen LogP contribution in [-0.4, -0.2) is 86.6 Å². The average Bonchev–Trinajstić information content (AvgIpc) is 3.66. The second kappa shape index (κ2) is 23.3. The third kappa shape index (κ3) is 20.3. The highest BCUT2D eigenvalue weighted by Gasteiger charge is 2.35. The van der Waals surface area contributed by atoms with Crippen LogP contribution in [0.25, 0.3) is 0 Å². The van der Waals surface area contributed by atoms with Gasteiger partial charge in [0, 0.05) is 6.42 Å². The van der Waals surface area contributed by atoms with Crippen molar-refractivity contribution in [3.8, 4) is 0 Å². The number of hydrogen-bond acceptors (Lipinski definition) is 9. The summed E-state index contributed by atoms with van der Waals surface area (Å²) in [6.45, 7) is 4.45. The average molecular weight is 523 g/mol. The van der Waals surface area contributed by atoms with Crippen molar-refractivity contribution in [3.05, 3.63) is 0 Å². The first-order valence-corrected chi connectivity index (χ1v) is 14.1. The molecule has 9 heteroatoms. The Morgan fingerprint density at radius 1 is 0.750 bits per heavy atom. The first-order chi connectivity index (χ1) is 17.2. The molecule has 9 nitrogen and oxygen atoms in total. The third-order valence-corrected chi connectivity index (χ3v) is 6.31. The van der Waals surface area contributed by atoms with Gasteiger partial charge in [-0.15, -0.1) is 0 Å². The number of unbranched alkanes of at least 4 members (excludes halogenated alkanes) is 14. The number of aliphatic hydroxyl groups excluding tert-OH is 6. The van der Waals surface area contributed by atoms with Gasteiger partial charge in [0.25, 0.3) is 0 Å². The number of carbonyl (C=O) groups excluding carboxylic acids is 1. The predicted octanol–water partition coefficient (Wildman–Crippen LogP) is 2.95. The molecule has 0 saturated carbocycles. The lowest BCUT2D eigenvalue weighted by Crippen LogP contribution is -2.50. The van der Waals surface area contributed by atoms with Crippen molar-refractivity contribution < 1.29 is 44.9 Å². The summed E-state index contributed by atoms with van der Waals surface area (Å²) >= 11 is 0. The SMILES string of the molecule is CC1CO1.CCCCCCCCCCCCCCCCCC(=O)OC(O)[C@H](O)[C@H](O)[C@H](O)[C@@H](O)CO. The Hall–Kier alpha value is -0.810. The van der Waals surface area contributed by atoms with Gasteiger partial charge >= 0.3 is 5.97 Å². The van der Waals surface area contributed by atoms with Gasteiger partial charge in [0.05, 0.1) is 19.3 Å². The summed E-state index contributed by atoms with van der Waals surface area (Å²) in [5.41, 5.74) is 0. The molecule has 0 aromatic heterocycles. The second-order valence-electron chi connectivity index (χ2n) is 9.95. The van der Waals surface area contributed by atoms with Crippen molar-refractivity contribution in [2.45, 2.75) is 153 Å². The summed E-state index contributed by atoms with van der Waals surface area (Å²) in [5.74, 6) is -0.712. The van der Waals surface area contributed by atoms with E-state index >= 15 is 0 Å². The van der Waals surface area contributed by atoms with E-state index < -0.39 is 43.3 Å². The maximum Gasteiger partial charge on any atom is 0.308 e. The third-order valence-electron chi connectivity index (χ3n) is 6.31. The van der Waals surface area contributed by atoms with E-state index in [1.165, 1.54) is 70.6 Å². The summed E-state index contributed by atoms with van der Waals surface area (Å²) in [6, 6.07) is 0. The fraction of sp³-hybridized carbons (Fsp3) is 0.963. The molecule has 0 radical (unpaired) electrons. The van der Waals surface area contributed by atoms with Gasteiger partial charge in [0.15, 0.2) is 0 Å². The Balaban J connectivity index is 0.00000276. The topological polar surface area (TPSA) is 160 Å². The summed E-state index contributed by atoms with van der Waals surface area (Å²) in [4.78, 5) is 11.7. The van der Waals surface area contributed by atoms with Crippen LogP contribution in [0.5, 0.6) is 0 Å². The number of esters is 1. The van der Waals surface area contributed by atoms with Gasteiger partial charge in [0.1, 0.15) is 24.4 Å². The number of aliphatic hydroxyl groups is 6. The lowest BCUT2D eigenvalue weighted by molar-refractivity contribution is -0.213. The lowest BCUT2D eigenvalue weighted by Gasteiger charge is -2.28. The van der Waals surface area contributed by atoms with Crippen molar-refractivity contribution >= 4 is 5.97 Å². The van der Waals surface area contributed by atoms with Gasteiger partial charge in [-0.2, -0.15) is 0 Å². The summed E-state index contributed by atoms with van der Waals surface area (Å²) in [6.07, 6.45) is 9.24. The summed E-state index contributed by atoms with van der Waals surface area (Å²) < 4.78 is 9.38. The van der Waals surface area contributed by atoms with Crippen LogP contribution in [0, 0.1) is 0 Å². The van der Waals surface area contributed by atoms with Crippen molar-refractivity contribution in [2.24, 2.45) is 0 Å². The molecule has 0 aliphatic carbocycles. The van der Waals surface area contributed by atoms with Gasteiger partial charge in [-0.05, 0) is 13.3 Å². The number of epoxide rings is 1.